The molecule has 0 aromatic heterocycles. The number of carbonyl (C=O) groups is 1. The van der Waals surface area contributed by atoms with E-state index in [4.69, 9.17) is 27.9 Å². The molecule has 0 N–H and O–H groups in total. The van der Waals surface area contributed by atoms with Crippen LogP contribution in [0.1, 0.15) is 10.4 Å². The number of hydrogen-bond acceptors (Lipinski definition) is 4. The fourth-order valence-corrected chi connectivity index (χ4v) is 2.99. The normalized spacial score (nSPS) is 11.4. The first-order valence-electron chi connectivity index (χ1n) is 8.33. The number of halogens is 2. The Morgan fingerprint density at radius 2 is 1.42 bits per heavy atom. The molecule has 0 saturated heterocycles. The van der Waals surface area contributed by atoms with Crippen molar-refractivity contribution >= 4 is 29.0 Å². The molecule has 4 nitrogen and oxygen atoms in total. The highest BCUT2D eigenvalue weighted by Crippen LogP contribution is 2.29. The summed E-state index contributed by atoms with van der Waals surface area (Å²) in [5.74, 6) is 1.28. The zero-order valence-corrected chi connectivity index (χ0v) is 17.0. The van der Waals surface area contributed by atoms with E-state index in [1.54, 1.807) is 42.5 Å². The quantitative estimate of drug-likeness (QED) is 0.607. The fourth-order valence-electron chi connectivity index (χ4n) is 2.70. The highest BCUT2D eigenvalue weighted by atomic mass is 35.5. The minimum atomic E-state index is -0.0816. The van der Waals surface area contributed by atoms with Crippen molar-refractivity contribution in [1.82, 2.24) is 9.80 Å². The molecule has 0 fully saturated rings. The molecular weight excluding hydrogens is 371 g/mol. The molecule has 0 bridgehead atoms. The van der Waals surface area contributed by atoms with Gasteiger partial charge in [0, 0.05) is 30.6 Å². The van der Waals surface area contributed by atoms with Crippen LogP contribution in [0.2, 0.25) is 10.0 Å². The lowest BCUT2D eigenvalue weighted by Crippen LogP contribution is -2.35. The van der Waals surface area contributed by atoms with Gasteiger partial charge >= 0.3 is 0 Å². The second-order valence-electron chi connectivity index (χ2n) is 6.79. The van der Waals surface area contributed by atoms with Gasteiger partial charge in [0.25, 0.3) is 0 Å². The number of Topliss-reactive ketones (excluding diaryl/α,β-unsaturated/α-hetero) is 1. The Balaban J connectivity index is 2.11. The molecule has 0 aliphatic rings. The number of ether oxygens (including phenoxy) is 1. The molecule has 2 aromatic carbocycles. The minimum absolute atomic E-state index is 0.0816. The van der Waals surface area contributed by atoms with Gasteiger partial charge in [-0.1, -0.05) is 23.2 Å². The Labute approximate surface area is 165 Å². The van der Waals surface area contributed by atoms with Crippen LogP contribution in [-0.4, -0.2) is 56.9 Å². The van der Waals surface area contributed by atoms with Crippen LogP contribution in [0.15, 0.2) is 42.5 Å². The Kier molecular flexibility index (Phi) is 7.47. The Bertz CT molecular complexity index is 736. The van der Waals surface area contributed by atoms with Crippen molar-refractivity contribution < 1.29 is 9.53 Å². The van der Waals surface area contributed by atoms with E-state index in [-0.39, 0.29) is 11.7 Å². The summed E-state index contributed by atoms with van der Waals surface area (Å²) in [5.41, 5.74) is 0.681. The van der Waals surface area contributed by atoms with Gasteiger partial charge in [0.05, 0.1) is 10.0 Å². The molecule has 2 aromatic rings. The van der Waals surface area contributed by atoms with Crippen LogP contribution < -0.4 is 4.74 Å². The number of ketones is 1. The van der Waals surface area contributed by atoms with Crippen LogP contribution in [0.4, 0.5) is 0 Å². The molecule has 140 valence electrons. The fraction of sp³-hybridized carbons (Fsp3) is 0.350. The molecule has 0 amide bonds. The number of hydrogen-bond donors (Lipinski definition) is 0. The van der Waals surface area contributed by atoms with Crippen molar-refractivity contribution in [3.8, 4) is 11.5 Å². The summed E-state index contributed by atoms with van der Waals surface area (Å²) < 4.78 is 5.77. The van der Waals surface area contributed by atoms with Gasteiger partial charge in [0.2, 0.25) is 0 Å². The second-order valence-corrected chi connectivity index (χ2v) is 7.60. The molecular formula is C20H24Cl2N2O2. The number of benzene rings is 2. The SMILES string of the molecule is CN(C)CC(CN(C)C)C(=O)c1ccc(Oc2ccc(Cl)c(Cl)c2)cc1. The maximum atomic E-state index is 12.8. The Hall–Kier alpha value is -1.59. The highest BCUT2D eigenvalue weighted by molar-refractivity contribution is 6.42. The first-order valence-corrected chi connectivity index (χ1v) is 9.08. The summed E-state index contributed by atoms with van der Waals surface area (Å²) in [6.45, 7) is 1.41. The van der Waals surface area contributed by atoms with Crippen LogP contribution in [-0.2, 0) is 0 Å². The van der Waals surface area contributed by atoms with Crippen LogP contribution >= 0.6 is 23.2 Å². The van der Waals surface area contributed by atoms with Crippen molar-refractivity contribution in [1.29, 1.82) is 0 Å². The van der Waals surface area contributed by atoms with Crippen molar-refractivity contribution in [2.45, 2.75) is 0 Å². The van der Waals surface area contributed by atoms with Crippen LogP contribution in [0.3, 0.4) is 0 Å². The van der Waals surface area contributed by atoms with Crippen LogP contribution in [0.25, 0.3) is 0 Å². The Morgan fingerprint density at radius 1 is 0.885 bits per heavy atom. The van der Waals surface area contributed by atoms with E-state index in [9.17, 15) is 4.79 Å². The molecule has 6 heteroatoms. The van der Waals surface area contributed by atoms with E-state index in [2.05, 4.69) is 0 Å². The predicted molar refractivity (Wildman–Crippen MR) is 108 cm³/mol. The van der Waals surface area contributed by atoms with Gasteiger partial charge in [-0.3, -0.25) is 4.79 Å². The van der Waals surface area contributed by atoms with Gasteiger partial charge in [-0.25, -0.2) is 0 Å². The lowest BCUT2D eigenvalue weighted by atomic mass is 9.96. The van der Waals surface area contributed by atoms with Gasteiger partial charge in [0.1, 0.15) is 11.5 Å². The van der Waals surface area contributed by atoms with Gasteiger partial charge in [-0.2, -0.15) is 0 Å². The zero-order chi connectivity index (χ0) is 19.3. The molecule has 0 aliphatic heterocycles. The van der Waals surface area contributed by atoms with Gasteiger partial charge in [-0.05, 0) is 64.6 Å². The smallest absolute Gasteiger partial charge is 0.168 e. The van der Waals surface area contributed by atoms with Crippen molar-refractivity contribution in [2.24, 2.45) is 5.92 Å². The summed E-state index contributed by atoms with van der Waals surface area (Å²) in [6, 6.07) is 12.3. The first kappa shape index (κ1) is 20.7. The monoisotopic (exact) mass is 394 g/mol. The summed E-state index contributed by atoms with van der Waals surface area (Å²) in [6.07, 6.45) is 0. The van der Waals surface area contributed by atoms with E-state index < -0.39 is 0 Å². The molecule has 0 radical (unpaired) electrons. The number of nitrogens with zero attached hydrogens (tertiary/aromatic N) is 2. The third kappa shape index (κ3) is 5.99. The van der Waals surface area contributed by atoms with Crippen LogP contribution in [0.5, 0.6) is 11.5 Å². The molecule has 0 atom stereocenters. The summed E-state index contributed by atoms with van der Waals surface area (Å²) >= 11 is 11.9. The standard InChI is InChI=1S/C20H24Cl2N2O2/c1-23(2)12-15(13-24(3)4)20(25)14-5-7-16(8-6-14)26-17-9-10-18(21)19(22)11-17/h5-11,15H,12-13H2,1-4H3. The summed E-state index contributed by atoms with van der Waals surface area (Å²) in [4.78, 5) is 16.9. The maximum absolute atomic E-state index is 12.8. The number of rotatable bonds is 8. The van der Waals surface area contributed by atoms with E-state index >= 15 is 0 Å². The topological polar surface area (TPSA) is 32.8 Å². The molecule has 0 saturated carbocycles. The third-order valence-electron chi connectivity index (χ3n) is 3.81. The van der Waals surface area contributed by atoms with E-state index in [0.29, 0.717) is 40.2 Å². The second kappa shape index (κ2) is 9.38. The van der Waals surface area contributed by atoms with Crippen molar-refractivity contribution in [3.63, 3.8) is 0 Å². The summed E-state index contributed by atoms with van der Waals surface area (Å²) in [5, 5.41) is 0.916. The van der Waals surface area contributed by atoms with E-state index in [1.165, 1.54) is 0 Å². The third-order valence-corrected chi connectivity index (χ3v) is 4.55. The van der Waals surface area contributed by atoms with E-state index in [1.807, 2.05) is 38.0 Å². The van der Waals surface area contributed by atoms with E-state index in [0.717, 1.165) is 0 Å². The first-order chi connectivity index (χ1) is 12.3. The van der Waals surface area contributed by atoms with Crippen molar-refractivity contribution in [3.05, 3.63) is 58.1 Å². The maximum Gasteiger partial charge on any atom is 0.168 e. The molecule has 26 heavy (non-hydrogen) atoms. The average Bonchev–Trinajstić information content (AvgIpc) is 2.57. The van der Waals surface area contributed by atoms with Crippen molar-refractivity contribution in [2.75, 3.05) is 41.3 Å². The Morgan fingerprint density at radius 3 is 1.92 bits per heavy atom. The van der Waals surface area contributed by atoms with Gasteiger partial charge in [-0.15, -0.1) is 0 Å². The minimum Gasteiger partial charge on any atom is -0.457 e. The molecule has 0 heterocycles. The van der Waals surface area contributed by atoms with Gasteiger partial charge < -0.3 is 14.5 Å². The molecule has 0 unspecified atom stereocenters. The zero-order valence-electron chi connectivity index (χ0n) is 15.5. The number of carbonyl (C=O) groups excluding carboxylic acids is 1. The molecule has 0 aliphatic carbocycles. The molecule has 0 spiro atoms. The molecule has 2 rings (SSSR count). The lowest BCUT2D eigenvalue weighted by Gasteiger charge is -2.23. The van der Waals surface area contributed by atoms with Gasteiger partial charge in [0.15, 0.2) is 5.78 Å². The largest absolute Gasteiger partial charge is 0.457 e. The lowest BCUT2D eigenvalue weighted by molar-refractivity contribution is 0.0871. The summed E-state index contributed by atoms with van der Waals surface area (Å²) in [7, 11) is 7.91. The average molecular weight is 395 g/mol. The highest BCUT2D eigenvalue weighted by Gasteiger charge is 2.21. The van der Waals surface area contributed by atoms with Crippen LogP contribution in [0, 0.1) is 5.92 Å². The predicted octanol–water partition coefficient (Wildman–Crippen LogP) is 4.71.